The van der Waals surface area contributed by atoms with Crippen LogP contribution in [0, 0.1) is 39.9 Å². The average molecular weight is 459 g/mol. The van der Waals surface area contributed by atoms with Crippen molar-refractivity contribution < 1.29 is 28.1 Å². The number of alkyl halides is 3. The number of aliphatic hydroxyl groups is 2. The molecule has 0 aromatic carbocycles. The highest BCUT2D eigenvalue weighted by molar-refractivity contribution is 5.29. The second-order valence-corrected chi connectivity index (χ2v) is 12.4. The van der Waals surface area contributed by atoms with Crippen molar-refractivity contribution in [1.82, 2.24) is 0 Å². The molecule has 4 rings (SSSR count). The monoisotopic (exact) mass is 458 g/mol. The molecule has 3 fully saturated rings. The third-order valence-corrected chi connectivity index (χ3v) is 10.8. The van der Waals surface area contributed by atoms with Crippen molar-refractivity contribution >= 4 is 0 Å². The largest absolute Gasteiger partial charge is 0.414 e. The van der Waals surface area contributed by atoms with Crippen LogP contribution in [0.3, 0.4) is 0 Å². The van der Waals surface area contributed by atoms with Gasteiger partial charge in [0.15, 0.2) is 6.10 Å². The molecule has 3 saturated carbocycles. The van der Waals surface area contributed by atoms with Gasteiger partial charge in [0.05, 0.1) is 12.2 Å². The zero-order chi connectivity index (χ0) is 23.7. The Morgan fingerprint density at radius 3 is 2.38 bits per heavy atom. The lowest BCUT2D eigenvalue weighted by Gasteiger charge is -2.64. The third kappa shape index (κ3) is 3.50. The topological polar surface area (TPSA) is 49.7 Å². The molecule has 4 aliphatic carbocycles. The molecule has 0 bridgehead atoms. The number of ether oxygens (including phenoxy) is 1. The van der Waals surface area contributed by atoms with E-state index < -0.39 is 23.8 Å². The first-order valence-corrected chi connectivity index (χ1v) is 12.4. The molecule has 4 aliphatic rings. The number of hydrogen-bond donors (Lipinski definition) is 2. The Morgan fingerprint density at radius 2 is 1.75 bits per heavy atom. The summed E-state index contributed by atoms with van der Waals surface area (Å²) in [6, 6.07) is 0. The molecule has 0 spiro atoms. The van der Waals surface area contributed by atoms with Gasteiger partial charge in [0.2, 0.25) is 0 Å². The van der Waals surface area contributed by atoms with Gasteiger partial charge in [0.1, 0.15) is 0 Å². The fraction of sp³-hybridized carbons (Fsp3) is 0.923. The lowest BCUT2D eigenvalue weighted by atomic mass is 9.41. The van der Waals surface area contributed by atoms with Gasteiger partial charge in [-0.3, -0.25) is 0 Å². The lowest BCUT2D eigenvalue weighted by molar-refractivity contribution is -0.228. The molecule has 0 aromatic rings. The van der Waals surface area contributed by atoms with Crippen molar-refractivity contribution in [3.05, 3.63) is 11.6 Å². The minimum atomic E-state index is -4.56. The van der Waals surface area contributed by atoms with E-state index in [0.29, 0.717) is 24.9 Å². The van der Waals surface area contributed by atoms with Crippen molar-refractivity contribution in [3.63, 3.8) is 0 Å². The van der Waals surface area contributed by atoms with E-state index in [4.69, 9.17) is 4.74 Å². The van der Waals surface area contributed by atoms with Gasteiger partial charge in [0.25, 0.3) is 0 Å². The molecule has 0 aromatic heterocycles. The highest BCUT2D eigenvalue weighted by Crippen LogP contribution is 2.72. The smallest absolute Gasteiger partial charge is 0.387 e. The van der Waals surface area contributed by atoms with E-state index in [1.165, 1.54) is 5.57 Å². The Kier molecular flexibility index (Phi) is 5.91. The molecule has 9 atom stereocenters. The predicted octanol–water partition coefficient (Wildman–Crippen LogP) is 5.89. The van der Waals surface area contributed by atoms with E-state index in [9.17, 15) is 23.4 Å². The number of aliphatic hydroxyl groups excluding tert-OH is 1. The van der Waals surface area contributed by atoms with Crippen LogP contribution in [0.25, 0.3) is 0 Å². The second kappa shape index (κ2) is 7.71. The summed E-state index contributed by atoms with van der Waals surface area (Å²) in [5.41, 5.74) is 0.455. The molecule has 184 valence electrons. The Morgan fingerprint density at radius 1 is 1.06 bits per heavy atom. The van der Waals surface area contributed by atoms with Gasteiger partial charge < -0.3 is 14.9 Å². The average Bonchev–Trinajstić information content (AvgIpc) is 3.05. The third-order valence-electron chi connectivity index (χ3n) is 10.8. The van der Waals surface area contributed by atoms with Crippen molar-refractivity contribution in [2.75, 3.05) is 13.7 Å². The number of allylic oxidation sites excluding steroid dienone is 1. The first-order valence-electron chi connectivity index (χ1n) is 12.4. The van der Waals surface area contributed by atoms with Crippen LogP contribution in [0.1, 0.15) is 79.1 Å². The summed E-state index contributed by atoms with van der Waals surface area (Å²) in [4.78, 5) is 0. The van der Waals surface area contributed by atoms with Crippen molar-refractivity contribution in [3.8, 4) is 0 Å². The van der Waals surface area contributed by atoms with Crippen LogP contribution in [0.15, 0.2) is 11.6 Å². The van der Waals surface area contributed by atoms with Crippen LogP contribution in [-0.4, -0.2) is 41.8 Å². The number of fused-ring (bicyclic) bond motifs is 5. The van der Waals surface area contributed by atoms with Crippen molar-refractivity contribution in [2.45, 2.75) is 96.9 Å². The normalized spacial score (nSPS) is 48.3. The van der Waals surface area contributed by atoms with Crippen molar-refractivity contribution in [1.29, 1.82) is 0 Å². The Balaban J connectivity index is 1.62. The van der Waals surface area contributed by atoms with Gasteiger partial charge in [-0.2, -0.15) is 13.2 Å². The van der Waals surface area contributed by atoms with Crippen LogP contribution in [0.2, 0.25) is 0 Å². The highest BCUT2D eigenvalue weighted by Gasteiger charge is 2.65. The Bertz CT molecular complexity index is 766. The van der Waals surface area contributed by atoms with Crippen LogP contribution >= 0.6 is 0 Å². The maximum absolute atomic E-state index is 13.3. The van der Waals surface area contributed by atoms with Crippen molar-refractivity contribution in [2.24, 2.45) is 39.9 Å². The number of halogens is 3. The molecule has 0 radical (unpaired) electrons. The Labute approximate surface area is 190 Å². The molecule has 2 N–H and O–H groups in total. The number of hydrogen-bond acceptors (Lipinski definition) is 3. The minimum Gasteiger partial charge on any atom is -0.387 e. The molecule has 0 saturated heterocycles. The highest BCUT2D eigenvalue weighted by atomic mass is 19.4. The van der Waals surface area contributed by atoms with Gasteiger partial charge >= 0.3 is 6.18 Å². The minimum absolute atomic E-state index is 0.0312. The summed E-state index contributed by atoms with van der Waals surface area (Å²) in [7, 11) is 1.63. The predicted molar refractivity (Wildman–Crippen MR) is 118 cm³/mol. The summed E-state index contributed by atoms with van der Waals surface area (Å²) in [6.07, 6.45) is 2.40. The first kappa shape index (κ1) is 24.5. The van der Waals surface area contributed by atoms with Crippen LogP contribution in [0.5, 0.6) is 0 Å². The SMILES string of the molecule is COC[C@]1(O)CC[C@@]2(C)C(=CC[C@@]3(C)[C@@H]4CC[C@H]([C@H](C)C(O)C(F)(F)F)[C@@]4(C)CC[C@@H]32)C1. The quantitative estimate of drug-likeness (QED) is 0.516. The summed E-state index contributed by atoms with van der Waals surface area (Å²) in [5.74, 6) is -0.0646. The van der Waals surface area contributed by atoms with E-state index in [-0.39, 0.29) is 22.2 Å². The zero-order valence-corrected chi connectivity index (χ0v) is 20.3. The molecule has 6 heteroatoms. The van der Waals surface area contributed by atoms with Gasteiger partial charge in [0, 0.05) is 7.11 Å². The van der Waals surface area contributed by atoms with Crippen LogP contribution in [0.4, 0.5) is 13.2 Å². The van der Waals surface area contributed by atoms with E-state index in [2.05, 4.69) is 26.8 Å². The molecular weight excluding hydrogens is 417 g/mol. The second-order valence-electron chi connectivity index (χ2n) is 12.4. The maximum Gasteiger partial charge on any atom is 0.414 e. The first-order chi connectivity index (χ1) is 14.7. The van der Waals surface area contributed by atoms with E-state index in [0.717, 1.165) is 44.9 Å². The summed E-state index contributed by atoms with van der Waals surface area (Å²) < 4.78 is 45.2. The molecule has 32 heavy (non-hydrogen) atoms. The van der Waals surface area contributed by atoms with Crippen LogP contribution in [-0.2, 0) is 4.74 Å². The maximum atomic E-state index is 13.3. The molecule has 3 nitrogen and oxygen atoms in total. The molecule has 1 unspecified atom stereocenters. The number of rotatable bonds is 4. The van der Waals surface area contributed by atoms with Gasteiger partial charge in [-0.1, -0.05) is 39.3 Å². The van der Waals surface area contributed by atoms with E-state index >= 15 is 0 Å². The molecular formula is C26H41F3O3. The summed E-state index contributed by atoms with van der Waals surface area (Å²) in [5, 5.41) is 21.0. The van der Waals surface area contributed by atoms with Gasteiger partial charge in [-0.25, -0.2) is 0 Å². The van der Waals surface area contributed by atoms with Gasteiger partial charge in [-0.15, -0.1) is 0 Å². The zero-order valence-electron chi connectivity index (χ0n) is 20.3. The Hall–Kier alpha value is -0.590. The lowest BCUT2D eigenvalue weighted by Crippen LogP contribution is -2.58. The summed E-state index contributed by atoms with van der Waals surface area (Å²) in [6.45, 7) is 8.89. The van der Waals surface area contributed by atoms with E-state index in [1.807, 2.05) is 0 Å². The standard InChI is InChI=1S/C26H41F3O3/c1-16(21(30)26(27,28)29)18-6-7-19-23(18,3)11-9-20-22(2)12-13-25(31,15-32-5)14-17(22)8-10-24(19,20)4/h8,16,18-21,30-31H,6-7,9-15H2,1-5H3/t16-,18+,19+,20+,21?,22-,23+,24-,25-/m0/s1. The summed E-state index contributed by atoms with van der Waals surface area (Å²) >= 11 is 0. The fourth-order valence-electron chi connectivity index (χ4n) is 9.18. The van der Waals surface area contributed by atoms with Crippen LogP contribution < -0.4 is 0 Å². The molecule has 0 amide bonds. The van der Waals surface area contributed by atoms with E-state index in [1.54, 1.807) is 14.0 Å². The molecule has 0 heterocycles. The number of methoxy groups -OCH3 is 1. The molecule has 0 aliphatic heterocycles. The fourth-order valence-corrected chi connectivity index (χ4v) is 9.18. The van der Waals surface area contributed by atoms with Gasteiger partial charge in [-0.05, 0) is 91.3 Å².